The third kappa shape index (κ3) is 2.65. The molecule has 6 heteroatoms. The lowest BCUT2D eigenvalue weighted by Crippen LogP contribution is -2.19. The number of fused-ring (bicyclic) bond motifs is 3. The van der Waals surface area contributed by atoms with E-state index in [4.69, 9.17) is 9.47 Å². The number of carbonyl (C=O) groups excluding carboxylic acids is 1. The summed E-state index contributed by atoms with van der Waals surface area (Å²) in [7, 11) is 0. The van der Waals surface area contributed by atoms with Crippen molar-refractivity contribution in [2.45, 2.75) is 25.8 Å². The van der Waals surface area contributed by atoms with Gasteiger partial charge in [-0.1, -0.05) is 6.07 Å². The van der Waals surface area contributed by atoms with Crippen LogP contribution in [-0.2, 0) is 9.47 Å². The largest absolute Gasteiger partial charge is 0.462 e. The fraction of sp³-hybridized carbons (Fsp3) is 0.350. The first-order chi connectivity index (χ1) is 12.6. The Kier molecular flexibility index (Phi) is 4.36. The molecule has 3 aromatic rings. The molecule has 2 heterocycles. The molecule has 136 valence electrons. The van der Waals surface area contributed by atoms with Gasteiger partial charge >= 0.3 is 5.97 Å². The van der Waals surface area contributed by atoms with E-state index in [9.17, 15) is 13.6 Å². The molecule has 0 saturated carbocycles. The van der Waals surface area contributed by atoms with Gasteiger partial charge in [-0.2, -0.15) is 0 Å². The maximum atomic E-state index is 14.9. The maximum absolute atomic E-state index is 14.9. The maximum Gasteiger partial charge on any atom is 0.338 e. The third-order valence-electron chi connectivity index (χ3n) is 4.90. The van der Waals surface area contributed by atoms with Crippen LogP contribution in [0.5, 0.6) is 0 Å². The fourth-order valence-corrected chi connectivity index (χ4v) is 3.79. The van der Waals surface area contributed by atoms with Gasteiger partial charge in [-0.3, -0.25) is 0 Å². The van der Waals surface area contributed by atoms with Crippen molar-refractivity contribution in [3.8, 4) is 0 Å². The third-order valence-corrected chi connectivity index (χ3v) is 4.90. The van der Waals surface area contributed by atoms with Crippen molar-refractivity contribution in [3.05, 3.63) is 47.5 Å². The Balaban J connectivity index is 2.04. The zero-order valence-electron chi connectivity index (χ0n) is 14.4. The van der Waals surface area contributed by atoms with Crippen molar-refractivity contribution in [1.29, 1.82) is 0 Å². The minimum absolute atomic E-state index is 0.0578. The monoisotopic (exact) mass is 359 g/mol. The number of carbonyl (C=O) groups is 1. The molecule has 0 radical (unpaired) electrons. The van der Waals surface area contributed by atoms with Crippen LogP contribution in [0, 0.1) is 11.6 Å². The molecule has 0 aliphatic carbocycles. The number of nitrogens with zero attached hydrogens (tertiary/aromatic N) is 1. The molecule has 1 aliphatic rings. The predicted octanol–water partition coefficient (Wildman–Crippen LogP) is 4.60. The van der Waals surface area contributed by atoms with Crippen LogP contribution in [0.4, 0.5) is 8.78 Å². The molecule has 4 nitrogen and oxygen atoms in total. The summed E-state index contributed by atoms with van der Waals surface area (Å²) in [5.41, 5.74) is 1.28. The first-order valence-corrected chi connectivity index (χ1v) is 8.78. The molecule has 26 heavy (non-hydrogen) atoms. The van der Waals surface area contributed by atoms with Crippen LogP contribution in [0.3, 0.4) is 0 Å². The number of benzene rings is 2. The van der Waals surface area contributed by atoms with Gasteiger partial charge in [0.2, 0.25) is 0 Å². The zero-order valence-corrected chi connectivity index (χ0v) is 14.4. The number of rotatable bonds is 3. The topological polar surface area (TPSA) is 40.5 Å². The second-order valence-corrected chi connectivity index (χ2v) is 6.42. The SMILES string of the molecule is CCOC(=O)c1cc(F)c2c3c(F)cccc3n(C3CCOCC3)c2c1. The number of aromatic nitrogens is 1. The molecule has 0 atom stereocenters. The van der Waals surface area contributed by atoms with E-state index in [2.05, 4.69) is 0 Å². The van der Waals surface area contributed by atoms with Gasteiger partial charge in [0.25, 0.3) is 0 Å². The summed E-state index contributed by atoms with van der Waals surface area (Å²) in [5, 5.41) is 0.458. The molecular weight excluding hydrogens is 340 g/mol. The Morgan fingerprint density at radius 1 is 1.15 bits per heavy atom. The number of hydrogen-bond donors (Lipinski definition) is 0. The Morgan fingerprint density at radius 2 is 1.88 bits per heavy atom. The molecule has 0 spiro atoms. The molecule has 2 aromatic carbocycles. The van der Waals surface area contributed by atoms with Crippen LogP contribution >= 0.6 is 0 Å². The lowest BCUT2D eigenvalue weighted by atomic mass is 10.1. The second kappa shape index (κ2) is 6.68. The number of hydrogen-bond acceptors (Lipinski definition) is 3. The Labute approximate surface area is 149 Å². The van der Waals surface area contributed by atoms with E-state index < -0.39 is 17.6 Å². The van der Waals surface area contributed by atoms with Crippen LogP contribution in [0.25, 0.3) is 21.8 Å². The molecule has 0 unspecified atom stereocenters. The second-order valence-electron chi connectivity index (χ2n) is 6.42. The molecule has 0 N–H and O–H groups in total. The highest BCUT2D eigenvalue weighted by Crippen LogP contribution is 2.38. The molecule has 0 bridgehead atoms. The number of ether oxygens (including phenoxy) is 2. The highest BCUT2D eigenvalue weighted by Gasteiger charge is 2.25. The van der Waals surface area contributed by atoms with Gasteiger partial charge in [-0.15, -0.1) is 0 Å². The predicted molar refractivity (Wildman–Crippen MR) is 94.4 cm³/mol. The summed E-state index contributed by atoms with van der Waals surface area (Å²) in [6, 6.07) is 7.52. The van der Waals surface area contributed by atoms with E-state index in [0.717, 1.165) is 18.9 Å². The average Bonchev–Trinajstić information content (AvgIpc) is 2.98. The Morgan fingerprint density at radius 3 is 2.62 bits per heavy atom. The lowest BCUT2D eigenvalue weighted by molar-refractivity contribution is 0.0525. The smallest absolute Gasteiger partial charge is 0.338 e. The van der Waals surface area contributed by atoms with Crippen molar-refractivity contribution in [3.63, 3.8) is 0 Å². The van der Waals surface area contributed by atoms with Crippen molar-refractivity contribution < 1.29 is 23.0 Å². The molecular formula is C20H19F2NO3. The first kappa shape index (κ1) is 17.0. The summed E-state index contributed by atoms with van der Waals surface area (Å²) >= 11 is 0. The van der Waals surface area contributed by atoms with Crippen molar-refractivity contribution in [1.82, 2.24) is 4.57 Å². The van der Waals surface area contributed by atoms with Gasteiger partial charge in [0.1, 0.15) is 11.6 Å². The average molecular weight is 359 g/mol. The van der Waals surface area contributed by atoms with Crippen molar-refractivity contribution >= 4 is 27.8 Å². The molecule has 1 saturated heterocycles. The number of esters is 1. The van der Waals surface area contributed by atoms with Crippen LogP contribution in [-0.4, -0.2) is 30.4 Å². The minimum Gasteiger partial charge on any atom is -0.462 e. The van der Waals surface area contributed by atoms with E-state index >= 15 is 0 Å². The van der Waals surface area contributed by atoms with E-state index in [1.54, 1.807) is 25.1 Å². The van der Waals surface area contributed by atoms with E-state index in [1.165, 1.54) is 6.07 Å². The van der Waals surface area contributed by atoms with Crippen LogP contribution in [0.1, 0.15) is 36.2 Å². The van der Waals surface area contributed by atoms with Gasteiger partial charge in [0.15, 0.2) is 0 Å². The van der Waals surface area contributed by atoms with Crippen LogP contribution in [0.2, 0.25) is 0 Å². The zero-order chi connectivity index (χ0) is 18.3. The quantitative estimate of drug-likeness (QED) is 0.642. The van der Waals surface area contributed by atoms with E-state index in [0.29, 0.717) is 24.2 Å². The molecule has 4 rings (SSSR count). The Bertz CT molecular complexity index is 990. The van der Waals surface area contributed by atoms with Gasteiger partial charge in [-0.25, -0.2) is 13.6 Å². The lowest BCUT2D eigenvalue weighted by Gasteiger charge is -2.25. The Hall–Kier alpha value is -2.47. The number of halogens is 2. The van der Waals surface area contributed by atoms with Gasteiger partial charge in [0.05, 0.1) is 23.2 Å². The standard InChI is InChI=1S/C20H19F2NO3/c1-2-26-20(24)12-10-15(22)19-17(11-12)23(13-6-8-25-9-7-13)16-5-3-4-14(21)18(16)19/h3-5,10-11,13H,2,6-9H2,1H3. The molecule has 1 fully saturated rings. The summed E-state index contributed by atoms with van der Waals surface area (Å²) in [5.74, 6) is -1.68. The fourth-order valence-electron chi connectivity index (χ4n) is 3.79. The highest BCUT2D eigenvalue weighted by molar-refractivity contribution is 6.10. The van der Waals surface area contributed by atoms with Gasteiger partial charge in [-0.05, 0) is 44.0 Å². The first-order valence-electron chi connectivity index (χ1n) is 8.78. The molecule has 1 aromatic heterocycles. The minimum atomic E-state index is -0.619. The normalized spacial score (nSPS) is 15.7. The van der Waals surface area contributed by atoms with Gasteiger partial charge < -0.3 is 14.0 Å². The summed E-state index contributed by atoms with van der Waals surface area (Å²) < 4.78 is 41.9. The van der Waals surface area contributed by atoms with Gasteiger partial charge in [0, 0.05) is 30.0 Å². The summed E-state index contributed by atoms with van der Waals surface area (Å²) in [6.07, 6.45) is 1.50. The summed E-state index contributed by atoms with van der Waals surface area (Å²) in [6.45, 7) is 3.10. The van der Waals surface area contributed by atoms with E-state index in [1.807, 2.05) is 4.57 Å². The van der Waals surface area contributed by atoms with Crippen molar-refractivity contribution in [2.24, 2.45) is 0 Å². The van der Waals surface area contributed by atoms with Crippen LogP contribution in [0.15, 0.2) is 30.3 Å². The van der Waals surface area contributed by atoms with E-state index in [-0.39, 0.29) is 29.0 Å². The molecule has 0 amide bonds. The van der Waals surface area contributed by atoms with Crippen LogP contribution < -0.4 is 0 Å². The molecule has 1 aliphatic heterocycles. The van der Waals surface area contributed by atoms with Crippen molar-refractivity contribution in [2.75, 3.05) is 19.8 Å². The summed E-state index contributed by atoms with van der Waals surface area (Å²) in [4.78, 5) is 12.1. The highest BCUT2D eigenvalue weighted by atomic mass is 19.1.